The van der Waals surface area contributed by atoms with Crippen LogP contribution in [0.4, 0.5) is 18.9 Å². The fraction of sp³-hybridized carbons (Fsp3) is 0.600. The Morgan fingerprint density at radius 2 is 1.93 bits per heavy atom. The number of anilines is 1. The lowest BCUT2D eigenvalue weighted by Gasteiger charge is -2.37. The summed E-state index contributed by atoms with van der Waals surface area (Å²) in [5.41, 5.74) is -0.744. The minimum absolute atomic E-state index is 0.155. The summed E-state index contributed by atoms with van der Waals surface area (Å²) in [4.78, 5) is 4.01. The summed E-state index contributed by atoms with van der Waals surface area (Å²) < 4.78 is 44.2. The van der Waals surface area contributed by atoms with Crippen molar-refractivity contribution < 1.29 is 23.0 Å². The van der Waals surface area contributed by atoms with Crippen LogP contribution in [0.1, 0.15) is 25.8 Å². The SMILES string of the molecule is C#C[C@](C)(CC)OC[C@H](O)CN1CCN(c2cccc(C(F)(F)F)c2)CC1. The maximum Gasteiger partial charge on any atom is 0.416 e. The number of hydrogen-bond donors (Lipinski definition) is 1. The number of piperazine rings is 1. The Hall–Kier alpha value is -1.75. The number of hydrogen-bond acceptors (Lipinski definition) is 4. The molecular formula is C20H27F3N2O2. The second-order valence-electron chi connectivity index (χ2n) is 7.03. The third-order valence-electron chi connectivity index (χ3n) is 4.95. The number of alkyl halides is 3. The standard InChI is InChI=1S/C20H27F3N2O2/c1-4-19(3,5-2)27-15-18(26)14-24-9-11-25(12-10-24)17-8-6-7-16(13-17)20(21,22)23/h1,6-8,13,18,26H,5,9-12,14-15H2,2-3H3/t18-,19-/m1/s1. The minimum atomic E-state index is -4.34. The van der Waals surface area contributed by atoms with E-state index in [1.807, 2.05) is 18.7 Å². The number of halogens is 3. The van der Waals surface area contributed by atoms with E-state index < -0.39 is 23.4 Å². The van der Waals surface area contributed by atoms with Crippen molar-refractivity contribution in [2.45, 2.75) is 38.1 Å². The topological polar surface area (TPSA) is 35.9 Å². The number of aliphatic hydroxyl groups excluding tert-OH is 1. The molecule has 1 aromatic rings. The first kappa shape index (κ1) is 21.5. The predicted molar refractivity (Wildman–Crippen MR) is 99.6 cm³/mol. The molecule has 27 heavy (non-hydrogen) atoms. The monoisotopic (exact) mass is 384 g/mol. The molecular weight excluding hydrogens is 357 g/mol. The van der Waals surface area contributed by atoms with Crippen LogP contribution in [-0.2, 0) is 10.9 Å². The van der Waals surface area contributed by atoms with Gasteiger partial charge in [-0.1, -0.05) is 18.9 Å². The van der Waals surface area contributed by atoms with E-state index in [-0.39, 0.29) is 6.61 Å². The zero-order chi connectivity index (χ0) is 20.1. The molecule has 0 saturated carbocycles. The summed E-state index contributed by atoms with van der Waals surface area (Å²) in [5, 5.41) is 10.2. The van der Waals surface area contributed by atoms with Crippen LogP contribution in [0.15, 0.2) is 24.3 Å². The van der Waals surface area contributed by atoms with Gasteiger partial charge in [-0.2, -0.15) is 13.2 Å². The van der Waals surface area contributed by atoms with Crippen molar-refractivity contribution in [1.29, 1.82) is 0 Å². The molecule has 0 radical (unpaired) electrons. The molecule has 1 aliphatic heterocycles. The van der Waals surface area contributed by atoms with Gasteiger partial charge in [-0.15, -0.1) is 6.42 Å². The van der Waals surface area contributed by atoms with Crippen molar-refractivity contribution in [3.05, 3.63) is 29.8 Å². The lowest BCUT2D eigenvalue weighted by Crippen LogP contribution is -2.49. The molecule has 1 saturated heterocycles. The third-order valence-corrected chi connectivity index (χ3v) is 4.95. The Morgan fingerprint density at radius 3 is 2.48 bits per heavy atom. The van der Waals surface area contributed by atoms with E-state index in [4.69, 9.17) is 11.2 Å². The van der Waals surface area contributed by atoms with Gasteiger partial charge < -0.3 is 14.7 Å². The molecule has 4 nitrogen and oxygen atoms in total. The molecule has 2 rings (SSSR count). The molecule has 0 spiro atoms. The summed E-state index contributed by atoms with van der Waals surface area (Å²) >= 11 is 0. The van der Waals surface area contributed by atoms with Crippen LogP contribution >= 0.6 is 0 Å². The van der Waals surface area contributed by atoms with Crippen molar-refractivity contribution >= 4 is 5.69 Å². The Balaban J connectivity index is 1.83. The lowest BCUT2D eigenvalue weighted by atomic mass is 10.1. The molecule has 1 aromatic carbocycles. The van der Waals surface area contributed by atoms with E-state index in [0.717, 1.165) is 6.07 Å². The fourth-order valence-electron chi connectivity index (χ4n) is 2.94. The third kappa shape index (κ3) is 6.13. The smallest absolute Gasteiger partial charge is 0.389 e. The molecule has 0 bridgehead atoms. The van der Waals surface area contributed by atoms with Gasteiger partial charge in [-0.3, -0.25) is 4.90 Å². The fourth-order valence-corrected chi connectivity index (χ4v) is 2.94. The second kappa shape index (κ2) is 8.96. The highest BCUT2D eigenvalue weighted by molar-refractivity contribution is 5.49. The summed E-state index contributed by atoms with van der Waals surface area (Å²) in [6, 6.07) is 5.39. The molecule has 0 aliphatic carbocycles. The van der Waals surface area contributed by atoms with Crippen molar-refractivity contribution in [2.24, 2.45) is 0 Å². The largest absolute Gasteiger partial charge is 0.416 e. The molecule has 1 aliphatic rings. The van der Waals surface area contributed by atoms with Gasteiger partial charge in [-0.05, 0) is 31.5 Å². The Labute approximate surface area is 158 Å². The molecule has 1 N–H and O–H groups in total. The number of benzene rings is 1. The zero-order valence-corrected chi connectivity index (χ0v) is 15.8. The zero-order valence-electron chi connectivity index (χ0n) is 15.8. The summed E-state index contributed by atoms with van der Waals surface area (Å²) in [6.07, 6.45) is 1.11. The van der Waals surface area contributed by atoms with Gasteiger partial charge in [0.25, 0.3) is 0 Å². The molecule has 1 fully saturated rings. The van der Waals surface area contributed by atoms with Crippen LogP contribution in [0.2, 0.25) is 0 Å². The van der Waals surface area contributed by atoms with Gasteiger partial charge in [0.1, 0.15) is 5.60 Å². The van der Waals surface area contributed by atoms with Crippen LogP contribution < -0.4 is 4.90 Å². The highest BCUT2D eigenvalue weighted by atomic mass is 19.4. The summed E-state index contributed by atoms with van der Waals surface area (Å²) in [5.74, 6) is 2.59. The first-order valence-electron chi connectivity index (χ1n) is 9.11. The average Bonchev–Trinajstić information content (AvgIpc) is 2.66. The van der Waals surface area contributed by atoms with Crippen LogP contribution in [0.25, 0.3) is 0 Å². The highest BCUT2D eigenvalue weighted by Gasteiger charge is 2.31. The van der Waals surface area contributed by atoms with Gasteiger partial charge in [-0.25, -0.2) is 0 Å². The van der Waals surface area contributed by atoms with Crippen LogP contribution in [0, 0.1) is 12.3 Å². The molecule has 0 amide bonds. The average molecular weight is 384 g/mol. The van der Waals surface area contributed by atoms with Crippen molar-refractivity contribution in [1.82, 2.24) is 4.90 Å². The Kier molecular flexibility index (Phi) is 7.15. The predicted octanol–water partition coefficient (Wildman–Crippen LogP) is 3.01. The number of nitrogens with zero attached hydrogens (tertiary/aromatic N) is 2. The molecule has 0 aromatic heterocycles. The first-order valence-corrected chi connectivity index (χ1v) is 9.11. The van der Waals surface area contributed by atoms with Gasteiger partial charge >= 0.3 is 6.18 Å². The van der Waals surface area contributed by atoms with Gasteiger partial charge in [0, 0.05) is 38.4 Å². The van der Waals surface area contributed by atoms with E-state index in [1.165, 1.54) is 12.1 Å². The number of aliphatic hydroxyl groups is 1. The quantitative estimate of drug-likeness (QED) is 0.734. The minimum Gasteiger partial charge on any atom is -0.389 e. The van der Waals surface area contributed by atoms with Crippen LogP contribution in [0.3, 0.4) is 0 Å². The number of ether oxygens (including phenoxy) is 1. The molecule has 150 valence electrons. The van der Waals surface area contributed by atoms with Gasteiger partial charge in [0.2, 0.25) is 0 Å². The van der Waals surface area contributed by atoms with Gasteiger partial charge in [0.15, 0.2) is 0 Å². The number of rotatable bonds is 7. The van der Waals surface area contributed by atoms with Crippen molar-refractivity contribution in [3.8, 4) is 12.3 Å². The van der Waals surface area contributed by atoms with E-state index in [1.54, 1.807) is 6.07 Å². The maximum absolute atomic E-state index is 12.9. The van der Waals surface area contributed by atoms with E-state index in [0.29, 0.717) is 44.8 Å². The van der Waals surface area contributed by atoms with Crippen LogP contribution in [-0.4, -0.2) is 61.0 Å². The highest BCUT2D eigenvalue weighted by Crippen LogP contribution is 2.31. The van der Waals surface area contributed by atoms with Crippen molar-refractivity contribution in [2.75, 3.05) is 44.2 Å². The van der Waals surface area contributed by atoms with Crippen LogP contribution in [0.5, 0.6) is 0 Å². The lowest BCUT2D eigenvalue weighted by molar-refractivity contribution is -0.137. The normalized spacial score (nSPS) is 19.4. The molecule has 2 atom stereocenters. The van der Waals surface area contributed by atoms with E-state index in [9.17, 15) is 18.3 Å². The first-order chi connectivity index (χ1) is 12.7. The molecule has 7 heteroatoms. The molecule has 1 heterocycles. The van der Waals surface area contributed by atoms with Gasteiger partial charge in [0.05, 0.1) is 18.3 Å². The van der Waals surface area contributed by atoms with E-state index >= 15 is 0 Å². The van der Waals surface area contributed by atoms with E-state index in [2.05, 4.69) is 10.8 Å². The molecule has 0 unspecified atom stereocenters. The Bertz CT molecular complexity index is 651. The number of terminal acetylenes is 1. The second-order valence-corrected chi connectivity index (χ2v) is 7.03. The van der Waals surface area contributed by atoms with Crippen molar-refractivity contribution in [3.63, 3.8) is 0 Å². The summed E-state index contributed by atoms with van der Waals surface area (Å²) in [7, 11) is 0. The Morgan fingerprint density at radius 1 is 1.26 bits per heavy atom. The number of β-amino-alcohol motifs (C(OH)–C–C–N with tert-alkyl or cyclic N) is 1. The maximum atomic E-state index is 12.9. The summed E-state index contributed by atoms with van der Waals surface area (Å²) in [6.45, 7) is 6.87.